The van der Waals surface area contributed by atoms with Crippen molar-refractivity contribution in [2.45, 2.75) is 44.6 Å². The Hall–Kier alpha value is -0.500. The Morgan fingerprint density at radius 2 is 2.08 bits per heavy atom. The Balaban J connectivity index is 1.89. The highest BCUT2D eigenvalue weighted by molar-refractivity contribution is 4.71. The van der Waals surface area contributed by atoms with Crippen LogP contribution in [0.1, 0.15) is 38.5 Å². The van der Waals surface area contributed by atoms with E-state index in [1.165, 1.54) is 38.4 Å². The van der Waals surface area contributed by atoms with Gasteiger partial charge in [0.05, 0.1) is 12.9 Å². The van der Waals surface area contributed by atoms with Crippen molar-refractivity contribution in [3.63, 3.8) is 0 Å². The lowest BCUT2D eigenvalue weighted by Crippen LogP contribution is -2.32. The Labute approximate surface area is 81.4 Å². The minimum atomic E-state index is 0.775. The highest BCUT2D eigenvalue weighted by atomic mass is 16.5. The van der Waals surface area contributed by atoms with Crippen LogP contribution in [0.5, 0.6) is 0 Å². The summed E-state index contributed by atoms with van der Waals surface area (Å²) in [5.74, 6) is 0. The van der Waals surface area contributed by atoms with Crippen molar-refractivity contribution >= 4 is 0 Å². The van der Waals surface area contributed by atoms with Crippen molar-refractivity contribution in [2.24, 2.45) is 0 Å². The summed E-state index contributed by atoms with van der Waals surface area (Å²) in [5.41, 5.74) is 0. The molecule has 13 heavy (non-hydrogen) atoms. The van der Waals surface area contributed by atoms with Gasteiger partial charge in [-0.3, -0.25) is 0 Å². The van der Waals surface area contributed by atoms with Gasteiger partial charge in [-0.2, -0.15) is 0 Å². The molecule has 0 aromatic heterocycles. The van der Waals surface area contributed by atoms with Gasteiger partial charge in [0.1, 0.15) is 0 Å². The Kier molecular flexibility index (Phi) is 5.66. The van der Waals surface area contributed by atoms with E-state index in [-0.39, 0.29) is 0 Å². The van der Waals surface area contributed by atoms with Crippen LogP contribution in [0.3, 0.4) is 0 Å². The molecule has 76 valence electrons. The summed E-state index contributed by atoms with van der Waals surface area (Å²) < 4.78 is 5.05. The maximum atomic E-state index is 5.05. The molecule has 1 saturated carbocycles. The molecule has 0 saturated heterocycles. The number of rotatable bonds is 6. The standard InChI is InChI=1S/C11H21NO/c1-2-13-10-6-9-12-11-7-4-3-5-8-11/h2,11-12H,1,3-10H2. The average Bonchev–Trinajstić information content (AvgIpc) is 2.19. The van der Waals surface area contributed by atoms with E-state index in [1.54, 1.807) is 0 Å². The summed E-state index contributed by atoms with van der Waals surface area (Å²) in [6.45, 7) is 5.38. The fraction of sp³-hybridized carbons (Fsp3) is 0.818. The van der Waals surface area contributed by atoms with Crippen molar-refractivity contribution in [1.29, 1.82) is 0 Å². The SMILES string of the molecule is C=COCCCNC1CCCCC1. The van der Waals surface area contributed by atoms with Crippen LogP contribution < -0.4 is 5.32 Å². The van der Waals surface area contributed by atoms with Crippen molar-refractivity contribution in [1.82, 2.24) is 5.32 Å². The van der Waals surface area contributed by atoms with E-state index < -0.39 is 0 Å². The molecule has 0 aromatic carbocycles. The van der Waals surface area contributed by atoms with Crippen molar-refractivity contribution in [2.75, 3.05) is 13.2 Å². The predicted octanol–water partition coefficient (Wildman–Crippen LogP) is 2.46. The molecule has 2 nitrogen and oxygen atoms in total. The molecular formula is C11H21NO. The van der Waals surface area contributed by atoms with Crippen LogP contribution in [-0.2, 0) is 4.74 Å². The topological polar surface area (TPSA) is 21.3 Å². The first-order valence-electron chi connectivity index (χ1n) is 5.39. The number of ether oxygens (including phenoxy) is 1. The summed E-state index contributed by atoms with van der Waals surface area (Å²) in [6, 6.07) is 0.775. The maximum absolute atomic E-state index is 5.05. The summed E-state index contributed by atoms with van der Waals surface area (Å²) in [4.78, 5) is 0. The number of nitrogens with one attached hydrogen (secondary N) is 1. The molecule has 1 N–H and O–H groups in total. The monoisotopic (exact) mass is 183 g/mol. The quantitative estimate of drug-likeness (QED) is 0.504. The summed E-state index contributed by atoms with van der Waals surface area (Å²) in [6.07, 6.45) is 9.56. The van der Waals surface area contributed by atoms with E-state index in [1.807, 2.05) is 0 Å². The second-order valence-electron chi connectivity index (χ2n) is 3.68. The number of hydrogen-bond acceptors (Lipinski definition) is 2. The molecule has 1 rings (SSSR count). The van der Waals surface area contributed by atoms with Gasteiger partial charge in [-0.15, -0.1) is 0 Å². The van der Waals surface area contributed by atoms with Gasteiger partial charge in [0.15, 0.2) is 0 Å². The highest BCUT2D eigenvalue weighted by Crippen LogP contribution is 2.16. The molecule has 0 amide bonds. The normalized spacial score (nSPS) is 18.5. The molecule has 2 heteroatoms. The van der Waals surface area contributed by atoms with Crippen LogP contribution >= 0.6 is 0 Å². The van der Waals surface area contributed by atoms with E-state index in [2.05, 4.69) is 11.9 Å². The molecule has 0 radical (unpaired) electrons. The molecule has 0 unspecified atom stereocenters. The third-order valence-electron chi connectivity index (χ3n) is 2.60. The van der Waals surface area contributed by atoms with Gasteiger partial charge in [-0.05, 0) is 25.8 Å². The van der Waals surface area contributed by atoms with Gasteiger partial charge in [-0.25, -0.2) is 0 Å². The lowest BCUT2D eigenvalue weighted by atomic mass is 9.95. The van der Waals surface area contributed by atoms with Gasteiger partial charge in [0.2, 0.25) is 0 Å². The van der Waals surface area contributed by atoms with Crippen LogP contribution in [0.25, 0.3) is 0 Å². The summed E-state index contributed by atoms with van der Waals surface area (Å²) in [7, 11) is 0. The van der Waals surface area contributed by atoms with Gasteiger partial charge >= 0.3 is 0 Å². The molecule has 0 bridgehead atoms. The van der Waals surface area contributed by atoms with Gasteiger partial charge in [-0.1, -0.05) is 25.8 Å². The minimum absolute atomic E-state index is 0.775. The van der Waals surface area contributed by atoms with E-state index >= 15 is 0 Å². The van der Waals surface area contributed by atoms with E-state index in [0.29, 0.717) is 0 Å². The third kappa shape index (κ3) is 4.94. The van der Waals surface area contributed by atoms with Crippen LogP contribution in [0, 0.1) is 0 Å². The smallest absolute Gasteiger partial charge is 0.0885 e. The predicted molar refractivity (Wildman–Crippen MR) is 55.6 cm³/mol. The van der Waals surface area contributed by atoms with Crippen LogP contribution in [0.4, 0.5) is 0 Å². The van der Waals surface area contributed by atoms with Crippen LogP contribution in [0.15, 0.2) is 12.8 Å². The largest absolute Gasteiger partial charge is 0.502 e. The van der Waals surface area contributed by atoms with Crippen molar-refractivity contribution in [3.8, 4) is 0 Å². The average molecular weight is 183 g/mol. The van der Waals surface area contributed by atoms with E-state index in [9.17, 15) is 0 Å². The first-order chi connectivity index (χ1) is 6.43. The second-order valence-corrected chi connectivity index (χ2v) is 3.68. The first-order valence-corrected chi connectivity index (χ1v) is 5.39. The summed E-state index contributed by atoms with van der Waals surface area (Å²) in [5, 5.41) is 3.57. The molecule has 1 aliphatic rings. The van der Waals surface area contributed by atoms with Crippen molar-refractivity contribution < 1.29 is 4.74 Å². The molecule has 0 atom stereocenters. The first kappa shape index (κ1) is 10.6. The number of hydrogen-bond donors (Lipinski definition) is 1. The lowest BCUT2D eigenvalue weighted by molar-refractivity contribution is 0.240. The maximum Gasteiger partial charge on any atom is 0.0885 e. The van der Waals surface area contributed by atoms with Gasteiger partial charge in [0.25, 0.3) is 0 Å². The molecular weight excluding hydrogens is 162 g/mol. The molecule has 1 fully saturated rings. The fourth-order valence-corrected chi connectivity index (χ4v) is 1.85. The Morgan fingerprint density at radius 1 is 1.31 bits per heavy atom. The van der Waals surface area contributed by atoms with Crippen molar-refractivity contribution in [3.05, 3.63) is 12.8 Å². The van der Waals surface area contributed by atoms with E-state index in [4.69, 9.17) is 4.74 Å². The summed E-state index contributed by atoms with van der Waals surface area (Å²) >= 11 is 0. The van der Waals surface area contributed by atoms with Crippen LogP contribution in [-0.4, -0.2) is 19.2 Å². The highest BCUT2D eigenvalue weighted by Gasteiger charge is 2.11. The van der Waals surface area contributed by atoms with Crippen LogP contribution in [0.2, 0.25) is 0 Å². The molecule has 0 heterocycles. The minimum Gasteiger partial charge on any atom is -0.502 e. The van der Waals surface area contributed by atoms with E-state index in [0.717, 1.165) is 25.6 Å². The molecule has 1 aliphatic carbocycles. The second kappa shape index (κ2) is 6.96. The third-order valence-corrected chi connectivity index (χ3v) is 2.60. The molecule has 0 spiro atoms. The zero-order chi connectivity index (χ0) is 9.36. The lowest BCUT2D eigenvalue weighted by Gasteiger charge is -2.22. The van der Waals surface area contributed by atoms with Gasteiger partial charge in [0, 0.05) is 6.04 Å². The fourth-order valence-electron chi connectivity index (χ4n) is 1.85. The zero-order valence-corrected chi connectivity index (χ0v) is 8.43. The molecule has 0 aliphatic heterocycles. The zero-order valence-electron chi connectivity index (χ0n) is 8.43. The van der Waals surface area contributed by atoms with Gasteiger partial charge < -0.3 is 10.1 Å². The Morgan fingerprint density at radius 3 is 2.77 bits per heavy atom. The Bertz CT molecular complexity index is 130. The molecule has 0 aromatic rings.